The van der Waals surface area contributed by atoms with E-state index in [2.05, 4.69) is 10.2 Å². The SMILES string of the molecule is COC(=O)c1ccc(C2(NC(=O)C3CCC(N4CC[C@@H](Oc5cccc(Cl)c5)C4)C3)CC2)cc1. The zero-order chi connectivity index (χ0) is 23.7. The number of carbonyl (C=O) groups is 2. The molecule has 1 aliphatic heterocycles. The first-order valence-electron chi connectivity index (χ1n) is 12.1. The van der Waals surface area contributed by atoms with Gasteiger partial charge in [-0.25, -0.2) is 4.79 Å². The molecule has 0 aromatic heterocycles. The third-order valence-electron chi connectivity index (χ3n) is 7.54. The van der Waals surface area contributed by atoms with Crippen LogP contribution < -0.4 is 10.1 Å². The van der Waals surface area contributed by atoms with Gasteiger partial charge in [0.05, 0.1) is 18.2 Å². The monoisotopic (exact) mass is 482 g/mol. The minimum Gasteiger partial charge on any atom is -0.489 e. The van der Waals surface area contributed by atoms with E-state index in [1.807, 2.05) is 36.4 Å². The van der Waals surface area contributed by atoms with Crippen molar-refractivity contribution in [2.24, 2.45) is 5.92 Å². The summed E-state index contributed by atoms with van der Waals surface area (Å²) < 4.78 is 10.9. The highest BCUT2D eigenvalue weighted by atomic mass is 35.5. The molecule has 2 aliphatic carbocycles. The summed E-state index contributed by atoms with van der Waals surface area (Å²) in [6.07, 6.45) is 5.88. The van der Waals surface area contributed by atoms with Crippen molar-refractivity contribution in [3.05, 3.63) is 64.7 Å². The number of halogens is 1. The van der Waals surface area contributed by atoms with Crippen LogP contribution in [0.3, 0.4) is 0 Å². The molecule has 6 nitrogen and oxygen atoms in total. The number of rotatable bonds is 7. The van der Waals surface area contributed by atoms with E-state index in [1.165, 1.54) is 7.11 Å². The highest BCUT2D eigenvalue weighted by Crippen LogP contribution is 2.46. The molecule has 3 fully saturated rings. The van der Waals surface area contributed by atoms with Crippen LogP contribution in [0.4, 0.5) is 0 Å². The van der Waals surface area contributed by atoms with Crippen molar-refractivity contribution >= 4 is 23.5 Å². The summed E-state index contributed by atoms with van der Waals surface area (Å²) in [5, 5.41) is 4.02. The molecule has 7 heteroatoms. The van der Waals surface area contributed by atoms with Crippen molar-refractivity contribution < 1.29 is 19.1 Å². The lowest BCUT2D eigenvalue weighted by molar-refractivity contribution is -0.126. The summed E-state index contributed by atoms with van der Waals surface area (Å²) in [5.74, 6) is 0.671. The number of hydrogen-bond donors (Lipinski definition) is 1. The van der Waals surface area contributed by atoms with E-state index >= 15 is 0 Å². The molecular weight excluding hydrogens is 452 g/mol. The highest BCUT2D eigenvalue weighted by molar-refractivity contribution is 6.30. The molecular formula is C27H31ClN2O4. The van der Waals surface area contributed by atoms with E-state index in [0.29, 0.717) is 16.6 Å². The Bertz CT molecular complexity index is 1050. The topological polar surface area (TPSA) is 67.9 Å². The number of nitrogens with one attached hydrogen (secondary N) is 1. The maximum atomic E-state index is 13.2. The molecule has 3 atom stereocenters. The van der Waals surface area contributed by atoms with Gasteiger partial charge in [0, 0.05) is 30.1 Å². The van der Waals surface area contributed by atoms with Gasteiger partial charge >= 0.3 is 5.97 Å². The zero-order valence-corrected chi connectivity index (χ0v) is 20.2. The second-order valence-corrected chi connectivity index (χ2v) is 10.2. The zero-order valence-electron chi connectivity index (χ0n) is 19.5. The Hall–Kier alpha value is -2.57. The van der Waals surface area contributed by atoms with Crippen LogP contribution in [0.2, 0.25) is 5.02 Å². The molecule has 2 aromatic carbocycles. The van der Waals surface area contributed by atoms with Gasteiger partial charge in [-0.2, -0.15) is 0 Å². The minimum absolute atomic E-state index is 0.0460. The number of ether oxygens (including phenoxy) is 2. The Balaban J connectivity index is 1.13. The van der Waals surface area contributed by atoms with Gasteiger partial charge in [-0.15, -0.1) is 0 Å². The number of methoxy groups -OCH3 is 1. The molecule has 1 N–H and O–H groups in total. The average Bonchev–Trinajstić information content (AvgIpc) is 3.22. The Morgan fingerprint density at radius 1 is 1.09 bits per heavy atom. The first-order valence-corrected chi connectivity index (χ1v) is 12.5. The fraction of sp³-hybridized carbons (Fsp3) is 0.481. The van der Waals surface area contributed by atoms with Gasteiger partial charge in [0.15, 0.2) is 0 Å². The van der Waals surface area contributed by atoms with E-state index in [1.54, 1.807) is 12.1 Å². The van der Waals surface area contributed by atoms with Crippen molar-refractivity contribution in [2.75, 3.05) is 20.2 Å². The number of likely N-dealkylation sites (tertiary alicyclic amines) is 1. The van der Waals surface area contributed by atoms with Crippen LogP contribution in [0.5, 0.6) is 5.75 Å². The molecule has 0 bridgehead atoms. The predicted octanol–water partition coefficient (Wildman–Crippen LogP) is 4.55. The van der Waals surface area contributed by atoms with Crippen LogP contribution in [0.1, 0.15) is 54.4 Å². The molecule has 0 spiro atoms. The van der Waals surface area contributed by atoms with Crippen molar-refractivity contribution in [1.82, 2.24) is 10.2 Å². The first-order chi connectivity index (χ1) is 16.5. The van der Waals surface area contributed by atoms with Crippen LogP contribution in [0, 0.1) is 5.92 Å². The lowest BCUT2D eigenvalue weighted by Gasteiger charge is -2.25. The third kappa shape index (κ3) is 4.93. The Morgan fingerprint density at radius 2 is 1.88 bits per heavy atom. The molecule has 2 aromatic rings. The Morgan fingerprint density at radius 3 is 2.59 bits per heavy atom. The van der Waals surface area contributed by atoms with E-state index in [-0.39, 0.29) is 29.4 Å². The number of carbonyl (C=O) groups excluding carboxylic acids is 2. The van der Waals surface area contributed by atoms with Crippen LogP contribution >= 0.6 is 11.6 Å². The standard InChI is InChI=1S/C27H31ClN2O4/c1-33-26(32)18-5-8-20(9-6-18)27(12-13-27)29-25(31)19-7-10-22(15-19)30-14-11-24(17-30)34-23-4-2-3-21(28)16-23/h2-6,8-9,16,19,22,24H,7,10-15,17H2,1H3,(H,29,31)/t19?,22?,24-/m1/s1. The van der Waals surface area contributed by atoms with E-state index in [0.717, 1.165) is 62.9 Å². The third-order valence-corrected chi connectivity index (χ3v) is 7.77. The number of hydrogen-bond acceptors (Lipinski definition) is 5. The molecule has 3 aliphatic rings. The molecule has 0 radical (unpaired) electrons. The summed E-state index contributed by atoms with van der Waals surface area (Å²) >= 11 is 6.08. The number of nitrogens with zero attached hydrogens (tertiary/aromatic N) is 1. The van der Waals surface area contributed by atoms with Gasteiger partial charge in [-0.1, -0.05) is 29.8 Å². The highest BCUT2D eigenvalue weighted by Gasteiger charge is 2.47. The summed E-state index contributed by atoms with van der Waals surface area (Å²) in [5.41, 5.74) is 1.30. The molecule has 5 rings (SSSR count). The van der Waals surface area contributed by atoms with Gasteiger partial charge in [0.1, 0.15) is 11.9 Å². The largest absolute Gasteiger partial charge is 0.489 e. The van der Waals surface area contributed by atoms with Crippen LogP contribution in [0.15, 0.2) is 48.5 Å². The van der Waals surface area contributed by atoms with Gasteiger partial charge in [-0.3, -0.25) is 9.69 Å². The maximum Gasteiger partial charge on any atom is 0.337 e. The fourth-order valence-electron chi connectivity index (χ4n) is 5.43. The molecule has 34 heavy (non-hydrogen) atoms. The maximum absolute atomic E-state index is 13.2. The number of amides is 1. The molecule has 1 saturated heterocycles. The molecule has 1 heterocycles. The smallest absolute Gasteiger partial charge is 0.337 e. The molecule has 180 valence electrons. The second-order valence-electron chi connectivity index (χ2n) is 9.78. The van der Waals surface area contributed by atoms with Gasteiger partial charge in [0.2, 0.25) is 5.91 Å². The summed E-state index contributed by atoms with van der Waals surface area (Å²) in [7, 11) is 1.38. The summed E-state index contributed by atoms with van der Waals surface area (Å²) in [4.78, 5) is 27.3. The quantitative estimate of drug-likeness (QED) is 0.586. The van der Waals surface area contributed by atoms with Crippen molar-refractivity contribution in [2.45, 2.75) is 56.2 Å². The van der Waals surface area contributed by atoms with Crippen molar-refractivity contribution in [3.63, 3.8) is 0 Å². The van der Waals surface area contributed by atoms with Crippen LogP contribution in [-0.4, -0.2) is 49.1 Å². The predicted molar refractivity (Wildman–Crippen MR) is 130 cm³/mol. The first kappa shape index (κ1) is 23.2. The molecule has 1 amide bonds. The molecule has 2 unspecified atom stereocenters. The Kier molecular flexibility index (Phi) is 6.54. The van der Waals surface area contributed by atoms with Gasteiger partial charge in [0.25, 0.3) is 0 Å². The van der Waals surface area contributed by atoms with Crippen LogP contribution in [-0.2, 0) is 15.1 Å². The van der Waals surface area contributed by atoms with Crippen molar-refractivity contribution in [3.8, 4) is 5.75 Å². The normalized spacial score (nSPS) is 25.6. The summed E-state index contributed by atoms with van der Waals surface area (Å²) in [6, 6.07) is 15.4. The second kappa shape index (κ2) is 9.59. The lowest BCUT2D eigenvalue weighted by atomic mass is 10.0. The fourth-order valence-corrected chi connectivity index (χ4v) is 5.61. The number of benzene rings is 2. The average molecular weight is 483 g/mol. The van der Waals surface area contributed by atoms with E-state index in [9.17, 15) is 9.59 Å². The molecule has 2 saturated carbocycles. The number of esters is 1. The Labute approximate surface area is 205 Å². The lowest BCUT2D eigenvalue weighted by Crippen LogP contribution is -2.39. The van der Waals surface area contributed by atoms with E-state index in [4.69, 9.17) is 21.1 Å². The van der Waals surface area contributed by atoms with Gasteiger partial charge < -0.3 is 14.8 Å². The van der Waals surface area contributed by atoms with Gasteiger partial charge in [-0.05, 0) is 74.4 Å². The van der Waals surface area contributed by atoms with Crippen molar-refractivity contribution in [1.29, 1.82) is 0 Å². The van der Waals surface area contributed by atoms with E-state index < -0.39 is 0 Å². The van der Waals surface area contributed by atoms with Crippen LogP contribution in [0.25, 0.3) is 0 Å². The minimum atomic E-state index is -0.348. The summed E-state index contributed by atoms with van der Waals surface area (Å²) in [6.45, 7) is 1.89.